The van der Waals surface area contributed by atoms with Gasteiger partial charge in [0, 0.05) is 44.6 Å². The Bertz CT molecular complexity index is 619. The highest BCUT2D eigenvalue weighted by Crippen LogP contribution is 2.24. The molecule has 2 aliphatic heterocycles. The van der Waals surface area contributed by atoms with Gasteiger partial charge in [-0.05, 0) is 25.0 Å². The summed E-state index contributed by atoms with van der Waals surface area (Å²) in [6.45, 7) is 4.90. The summed E-state index contributed by atoms with van der Waals surface area (Å²) in [5.74, 6) is 0.952. The number of fused-ring (bicyclic) bond motifs is 1. The highest BCUT2D eigenvalue weighted by atomic mass is 16.5. The summed E-state index contributed by atoms with van der Waals surface area (Å²) >= 11 is 0. The van der Waals surface area contributed by atoms with Gasteiger partial charge in [0.25, 0.3) is 0 Å². The van der Waals surface area contributed by atoms with Gasteiger partial charge in [-0.3, -0.25) is 4.90 Å². The molecule has 1 N–H and O–H groups in total. The van der Waals surface area contributed by atoms with Crippen LogP contribution in [0.5, 0.6) is 0 Å². The molecule has 0 radical (unpaired) electrons. The second-order valence-electron chi connectivity index (χ2n) is 6.03. The minimum absolute atomic E-state index is 0.669. The number of nitrogens with zero attached hydrogens (tertiary/aromatic N) is 3. The molecule has 1 fully saturated rings. The Hall–Kier alpha value is -1.85. The van der Waals surface area contributed by atoms with E-state index in [9.17, 15) is 0 Å². The quantitative estimate of drug-likeness (QED) is 0.946. The van der Waals surface area contributed by atoms with Crippen LogP contribution in [0, 0.1) is 0 Å². The van der Waals surface area contributed by atoms with Gasteiger partial charge in [0.2, 0.25) is 5.95 Å². The Morgan fingerprint density at radius 1 is 1.09 bits per heavy atom. The van der Waals surface area contributed by atoms with E-state index in [4.69, 9.17) is 4.74 Å². The Kier molecular flexibility index (Phi) is 3.83. The molecule has 5 heteroatoms. The predicted octanol–water partition coefficient (Wildman–Crippen LogP) is 2.62. The number of nitrogens with one attached hydrogen (secondary N) is 1. The predicted molar refractivity (Wildman–Crippen MR) is 86.2 cm³/mol. The van der Waals surface area contributed by atoms with Crippen LogP contribution in [-0.4, -0.2) is 40.3 Å². The molecule has 5 nitrogen and oxygen atoms in total. The molecular formula is C17H22N4O. The molecule has 2 aliphatic rings. The van der Waals surface area contributed by atoms with Crippen LogP contribution in [0.15, 0.2) is 36.5 Å². The second-order valence-corrected chi connectivity index (χ2v) is 6.03. The maximum absolute atomic E-state index is 5.48. The van der Waals surface area contributed by atoms with Crippen LogP contribution < -0.4 is 5.32 Å². The van der Waals surface area contributed by atoms with Gasteiger partial charge in [-0.15, -0.1) is 0 Å². The van der Waals surface area contributed by atoms with E-state index >= 15 is 0 Å². The number of imidazole rings is 1. The maximum Gasteiger partial charge on any atom is 0.207 e. The third kappa shape index (κ3) is 2.74. The van der Waals surface area contributed by atoms with E-state index in [1.54, 1.807) is 0 Å². The monoisotopic (exact) mass is 298 g/mol. The molecule has 1 saturated heterocycles. The third-order valence-electron chi connectivity index (χ3n) is 4.65. The van der Waals surface area contributed by atoms with Gasteiger partial charge in [0.05, 0.1) is 11.9 Å². The first-order chi connectivity index (χ1) is 10.9. The molecule has 0 saturated carbocycles. The SMILES string of the molecule is c1ccc(Nc2ncc3n2CCN(C2CCOCC2)C3)cc1. The third-order valence-corrected chi connectivity index (χ3v) is 4.65. The lowest BCUT2D eigenvalue weighted by atomic mass is 10.1. The van der Waals surface area contributed by atoms with Crippen molar-refractivity contribution in [3.05, 3.63) is 42.2 Å². The van der Waals surface area contributed by atoms with Crippen molar-refractivity contribution >= 4 is 11.6 Å². The number of para-hydroxylation sites is 1. The van der Waals surface area contributed by atoms with Crippen LogP contribution >= 0.6 is 0 Å². The fourth-order valence-corrected chi connectivity index (χ4v) is 3.41. The van der Waals surface area contributed by atoms with Gasteiger partial charge in [-0.2, -0.15) is 0 Å². The summed E-state index contributed by atoms with van der Waals surface area (Å²) in [6, 6.07) is 10.9. The van der Waals surface area contributed by atoms with Crippen LogP contribution in [0.3, 0.4) is 0 Å². The Balaban J connectivity index is 1.48. The van der Waals surface area contributed by atoms with E-state index in [0.29, 0.717) is 6.04 Å². The molecule has 116 valence electrons. The smallest absolute Gasteiger partial charge is 0.207 e. The molecule has 1 aromatic heterocycles. The number of ether oxygens (including phenoxy) is 1. The summed E-state index contributed by atoms with van der Waals surface area (Å²) in [5, 5.41) is 3.42. The van der Waals surface area contributed by atoms with Crippen molar-refractivity contribution in [3.63, 3.8) is 0 Å². The Morgan fingerprint density at radius 3 is 2.73 bits per heavy atom. The van der Waals surface area contributed by atoms with Gasteiger partial charge >= 0.3 is 0 Å². The van der Waals surface area contributed by atoms with Gasteiger partial charge in [0.1, 0.15) is 0 Å². The molecule has 3 heterocycles. The minimum Gasteiger partial charge on any atom is -0.381 e. The van der Waals surface area contributed by atoms with E-state index < -0.39 is 0 Å². The van der Waals surface area contributed by atoms with Crippen LogP contribution in [0.2, 0.25) is 0 Å². The van der Waals surface area contributed by atoms with Crippen molar-refractivity contribution < 1.29 is 4.74 Å². The molecule has 0 unspecified atom stereocenters. The fourth-order valence-electron chi connectivity index (χ4n) is 3.41. The van der Waals surface area contributed by atoms with Crippen LogP contribution in [0.25, 0.3) is 0 Å². The molecule has 1 aromatic carbocycles. The van der Waals surface area contributed by atoms with Crippen molar-refractivity contribution in [2.75, 3.05) is 25.1 Å². The van der Waals surface area contributed by atoms with Crippen molar-refractivity contribution in [1.29, 1.82) is 0 Å². The number of hydrogen-bond donors (Lipinski definition) is 1. The standard InChI is InChI=1S/C17H22N4O/c1-2-4-14(5-3-1)19-17-18-12-16-13-20(8-9-21(16)17)15-6-10-22-11-7-15/h1-5,12,15H,6-11,13H2,(H,18,19). The number of rotatable bonds is 3. The number of benzene rings is 1. The van der Waals surface area contributed by atoms with Gasteiger partial charge in [-0.1, -0.05) is 18.2 Å². The zero-order valence-corrected chi connectivity index (χ0v) is 12.7. The molecule has 22 heavy (non-hydrogen) atoms. The topological polar surface area (TPSA) is 42.3 Å². The van der Waals surface area contributed by atoms with E-state index in [0.717, 1.165) is 57.3 Å². The second kappa shape index (κ2) is 6.10. The van der Waals surface area contributed by atoms with Crippen molar-refractivity contribution in [2.24, 2.45) is 0 Å². The van der Waals surface area contributed by atoms with Crippen molar-refractivity contribution in [2.45, 2.75) is 32.0 Å². The lowest BCUT2D eigenvalue weighted by molar-refractivity contribution is 0.0244. The maximum atomic E-state index is 5.48. The first kappa shape index (κ1) is 13.8. The van der Waals surface area contributed by atoms with E-state index in [1.807, 2.05) is 24.4 Å². The summed E-state index contributed by atoms with van der Waals surface area (Å²) in [6.07, 6.45) is 4.32. The summed E-state index contributed by atoms with van der Waals surface area (Å²) in [4.78, 5) is 7.16. The van der Waals surface area contributed by atoms with Gasteiger partial charge in [-0.25, -0.2) is 4.98 Å². The normalized spacial score (nSPS) is 19.8. The first-order valence-corrected chi connectivity index (χ1v) is 8.08. The molecule has 0 spiro atoms. The van der Waals surface area contributed by atoms with E-state index in [1.165, 1.54) is 5.69 Å². The average Bonchev–Trinajstić information content (AvgIpc) is 2.99. The van der Waals surface area contributed by atoms with Gasteiger partial charge < -0.3 is 14.6 Å². The summed E-state index contributed by atoms with van der Waals surface area (Å²) < 4.78 is 7.78. The Morgan fingerprint density at radius 2 is 1.91 bits per heavy atom. The van der Waals surface area contributed by atoms with Crippen LogP contribution in [0.1, 0.15) is 18.5 Å². The van der Waals surface area contributed by atoms with Crippen LogP contribution in [0.4, 0.5) is 11.6 Å². The van der Waals surface area contributed by atoms with E-state index in [-0.39, 0.29) is 0 Å². The molecule has 0 amide bonds. The van der Waals surface area contributed by atoms with Crippen molar-refractivity contribution in [1.82, 2.24) is 14.5 Å². The summed E-state index contributed by atoms with van der Waals surface area (Å²) in [5.41, 5.74) is 2.39. The molecule has 0 atom stereocenters. The number of aromatic nitrogens is 2. The van der Waals surface area contributed by atoms with E-state index in [2.05, 4.69) is 31.9 Å². The van der Waals surface area contributed by atoms with Gasteiger partial charge in [0.15, 0.2) is 0 Å². The highest BCUT2D eigenvalue weighted by molar-refractivity contribution is 5.53. The first-order valence-electron chi connectivity index (χ1n) is 8.08. The lowest BCUT2D eigenvalue weighted by Crippen LogP contribution is -2.43. The molecule has 0 bridgehead atoms. The zero-order valence-electron chi connectivity index (χ0n) is 12.7. The Labute approximate surface area is 130 Å². The number of anilines is 2. The molecule has 4 rings (SSSR count). The molecule has 0 aliphatic carbocycles. The lowest BCUT2D eigenvalue weighted by Gasteiger charge is -2.37. The number of hydrogen-bond acceptors (Lipinski definition) is 4. The highest BCUT2D eigenvalue weighted by Gasteiger charge is 2.26. The summed E-state index contributed by atoms with van der Waals surface area (Å²) in [7, 11) is 0. The minimum atomic E-state index is 0.669. The molecule has 2 aromatic rings. The average molecular weight is 298 g/mol. The largest absolute Gasteiger partial charge is 0.381 e. The fraction of sp³-hybridized carbons (Fsp3) is 0.471. The van der Waals surface area contributed by atoms with Crippen molar-refractivity contribution in [3.8, 4) is 0 Å². The molecular weight excluding hydrogens is 276 g/mol. The van der Waals surface area contributed by atoms with Crippen LogP contribution in [-0.2, 0) is 17.8 Å². The zero-order chi connectivity index (χ0) is 14.8.